The van der Waals surface area contributed by atoms with E-state index < -0.39 is 6.04 Å². The summed E-state index contributed by atoms with van der Waals surface area (Å²) in [7, 11) is 0. The Bertz CT molecular complexity index is 594. The normalized spacial score (nSPS) is 11.8. The molecule has 2 rings (SSSR count). The van der Waals surface area contributed by atoms with Crippen molar-refractivity contribution in [2.45, 2.75) is 26.8 Å². The Balaban J connectivity index is 0.00000220. The van der Waals surface area contributed by atoms with Crippen molar-refractivity contribution < 1.29 is 4.79 Å². The summed E-state index contributed by atoms with van der Waals surface area (Å²) in [6.45, 7) is 5.82. The average Bonchev–Trinajstić information content (AvgIpc) is 2.91. The van der Waals surface area contributed by atoms with E-state index in [1.165, 1.54) is 0 Å². The lowest BCUT2D eigenvalue weighted by molar-refractivity contribution is -0.119. The first kappa shape index (κ1) is 20.4. The molecule has 0 fully saturated rings. The number of carbonyl (C=O) groups excluding carboxylic acids is 1. The monoisotopic (exact) mass is 344 g/mol. The van der Waals surface area contributed by atoms with E-state index in [0.29, 0.717) is 5.69 Å². The maximum absolute atomic E-state index is 12.1. The first-order valence-electron chi connectivity index (χ1n) is 6.54. The zero-order chi connectivity index (χ0) is 14.8. The number of aromatic nitrogens is 2. The summed E-state index contributed by atoms with van der Waals surface area (Å²) in [5, 5.41) is 2.84. The van der Waals surface area contributed by atoms with Crippen molar-refractivity contribution in [1.29, 1.82) is 0 Å². The van der Waals surface area contributed by atoms with Gasteiger partial charge in [0.25, 0.3) is 0 Å². The minimum atomic E-state index is -0.560. The van der Waals surface area contributed by atoms with E-state index in [2.05, 4.69) is 15.3 Å². The molecular formula is C15H22Cl2N4O. The van der Waals surface area contributed by atoms with Crippen LogP contribution in [0.3, 0.4) is 0 Å². The van der Waals surface area contributed by atoms with Gasteiger partial charge in [0.2, 0.25) is 5.91 Å². The Kier molecular flexibility index (Phi) is 7.59. The van der Waals surface area contributed by atoms with Gasteiger partial charge in [-0.3, -0.25) is 4.79 Å². The fourth-order valence-electron chi connectivity index (χ4n) is 1.78. The van der Waals surface area contributed by atoms with E-state index in [1.54, 1.807) is 12.4 Å². The fourth-order valence-corrected chi connectivity index (χ4v) is 1.78. The van der Waals surface area contributed by atoms with Crippen molar-refractivity contribution in [1.82, 2.24) is 9.97 Å². The number of imidazole rings is 1. The maximum atomic E-state index is 12.1. The van der Waals surface area contributed by atoms with Crippen molar-refractivity contribution in [2.75, 3.05) is 5.32 Å². The molecule has 2 aromatic rings. The zero-order valence-electron chi connectivity index (χ0n) is 12.8. The molecule has 5 nitrogen and oxygen atoms in total. The minimum absolute atomic E-state index is 0. The second kappa shape index (κ2) is 8.17. The molecule has 1 atom stereocenters. The van der Waals surface area contributed by atoms with Gasteiger partial charge in [-0.05, 0) is 17.5 Å². The molecular weight excluding hydrogens is 323 g/mol. The van der Waals surface area contributed by atoms with Crippen LogP contribution in [0.25, 0.3) is 11.4 Å². The molecule has 0 aliphatic heterocycles. The highest BCUT2D eigenvalue weighted by atomic mass is 35.5. The highest BCUT2D eigenvalue weighted by molar-refractivity contribution is 5.95. The van der Waals surface area contributed by atoms with Crippen LogP contribution in [0.5, 0.6) is 0 Å². The van der Waals surface area contributed by atoms with Crippen molar-refractivity contribution in [3.05, 3.63) is 36.7 Å². The van der Waals surface area contributed by atoms with Gasteiger partial charge in [0.05, 0.1) is 6.04 Å². The fraction of sp³-hybridized carbons (Fsp3) is 0.333. The van der Waals surface area contributed by atoms with Crippen LogP contribution in [0.4, 0.5) is 5.69 Å². The second-order valence-electron chi connectivity index (χ2n) is 5.85. The Morgan fingerprint density at radius 3 is 2.55 bits per heavy atom. The van der Waals surface area contributed by atoms with Crippen LogP contribution < -0.4 is 11.1 Å². The lowest BCUT2D eigenvalue weighted by Gasteiger charge is -2.25. The van der Waals surface area contributed by atoms with Gasteiger partial charge < -0.3 is 16.0 Å². The van der Waals surface area contributed by atoms with Crippen LogP contribution in [0.2, 0.25) is 0 Å². The zero-order valence-corrected chi connectivity index (χ0v) is 14.4. The average molecular weight is 345 g/mol. The molecule has 122 valence electrons. The van der Waals surface area contributed by atoms with Gasteiger partial charge in [-0.15, -0.1) is 24.8 Å². The molecule has 0 saturated heterocycles. The Morgan fingerprint density at radius 2 is 2.00 bits per heavy atom. The van der Waals surface area contributed by atoms with Crippen LogP contribution in [0.15, 0.2) is 36.7 Å². The lowest BCUT2D eigenvalue weighted by Crippen LogP contribution is -2.45. The van der Waals surface area contributed by atoms with E-state index in [0.717, 1.165) is 11.4 Å². The third kappa shape index (κ3) is 5.02. The van der Waals surface area contributed by atoms with Crippen molar-refractivity contribution in [3.63, 3.8) is 0 Å². The smallest absolute Gasteiger partial charge is 0.241 e. The summed E-state index contributed by atoms with van der Waals surface area (Å²) in [5.74, 6) is 0.579. The van der Waals surface area contributed by atoms with Gasteiger partial charge in [0.1, 0.15) is 5.82 Å². The number of aromatic amines is 1. The van der Waals surface area contributed by atoms with Crippen LogP contribution >= 0.6 is 24.8 Å². The number of anilines is 1. The molecule has 0 radical (unpaired) electrons. The Hall–Kier alpha value is -1.56. The highest BCUT2D eigenvalue weighted by Gasteiger charge is 2.27. The van der Waals surface area contributed by atoms with E-state index in [4.69, 9.17) is 5.73 Å². The predicted molar refractivity (Wildman–Crippen MR) is 94.6 cm³/mol. The predicted octanol–water partition coefficient (Wildman–Crippen LogP) is 3.23. The summed E-state index contributed by atoms with van der Waals surface area (Å²) in [4.78, 5) is 19.3. The minimum Gasteiger partial charge on any atom is -0.345 e. The number of hydrogen-bond acceptors (Lipinski definition) is 3. The second-order valence-corrected chi connectivity index (χ2v) is 5.85. The summed E-state index contributed by atoms with van der Waals surface area (Å²) in [6.07, 6.45) is 3.45. The van der Waals surface area contributed by atoms with Gasteiger partial charge in [0, 0.05) is 23.6 Å². The Labute approximate surface area is 142 Å². The number of rotatable bonds is 3. The largest absolute Gasteiger partial charge is 0.345 e. The number of halogens is 2. The number of nitrogens with one attached hydrogen (secondary N) is 2. The number of amides is 1. The number of nitrogens with two attached hydrogens (primary N) is 1. The summed E-state index contributed by atoms with van der Waals surface area (Å²) in [5.41, 5.74) is 7.29. The molecule has 1 heterocycles. The van der Waals surface area contributed by atoms with E-state index in [9.17, 15) is 4.79 Å². The number of nitrogens with zero attached hydrogens (tertiary/aromatic N) is 1. The summed E-state index contributed by atoms with van der Waals surface area (Å²) >= 11 is 0. The molecule has 0 saturated carbocycles. The maximum Gasteiger partial charge on any atom is 0.241 e. The molecule has 0 aliphatic rings. The van der Waals surface area contributed by atoms with Gasteiger partial charge in [-0.1, -0.05) is 32.9 Å². The number of carbonyl (C=O) groups is 1. The molecule has 0 spiro atoms. The number of H-pyrrole nitrogens is 1. The third-order valence-electron chi connectivity index (χ3n) is 3.12. The first-order valence-corrected chi connectivity index (χ1v) is 6.54. The van der Waals surface area contributed by atoms with Crippen molar-refractivity contribution in [3.8, 4) is 11.4 Å². The molecule has 0 unspecified atom stereocenters. The van der Waals surface area contributed by atoms with Crippen LogP contribution in [-0.4, -0.2) is 21.9 Å². The van der Waals surface area contributed by atoms with Crippen LogP contribution in [0, 0.1) is 5.41 Å². The molecule has 1 aromatic heterocycles. The van der Waals surface area contributed by atoms with Crippen LogP contribution in [0.1, 0.15) is 20.8 Å². The quantitative estimate of drug-likeness (QED) is 0.799. The van der Waals surface area contributed by atoms with Crippen molar-refractivity contribution >= 4 is 36.4 Å². The molecule has 1 amide bonds. The molecule has 4 N–H and O–H groups in total. The Morgan fingerprint density at radius 1 is 1.32 bits per heavy atom. The van der Waals surface area contributed by atoms with E-state index >= 15 is 0 Å². The van der Waals surface area contributed by atoms with Crippen molar-refractivity contribution in [2.24, 2.45) is 11.1 Å². The topological polar surface area (TPSA) is 83.8 Å². The number of benzene rings is 1. The van der Waals surface area contributed by atoms with Crippen LogP contribution in [-0.2, 0) is 4.79 Å². The first-order chi connectivity index (χ1) is 9.38. The third-order valence-corrected chi connectivity index (χ3v) is 3.12. The van der Waals surface area contributed by atoms with E-state index in [1.807, 2.05) is 45.0 Å². The van der Waals surface area contributed by atoms with Gasteiger partial charge in [-0.2, -0.15) is 0 Å². The molecule has 0 aliphatic carbocycles. The molecule has 22 heavy (non-hydrogen) atoms. The summed E-state index contributed by atoms with van der Waals surface area (Å²) in [6, 6.07) is 6.94. The highest BCUT2D eigenvalue weighted by Crippen LogP contribution is 2.21. The van der Waals surface area contributed by atoms with Gasteiger partial charge >= 0.3 is 0 Å². The molecule has 0 bridgehead atoms. The number of hydrogen-bond donors (Lipinski definition) is 3. The SMILES string of the molecule is CC(C)(C)[C@H](N)C(=O)Nc1cccc(-c2ncc[nH]2)c1.Cl.Cl. The standard InChI is InChI=1S/C15H20N4O.2ClH/c1-15(2,3)12(16)14(20)19-11-6-4-5-10(9-11)13-17-7-8-18-13;;/h4-9,12H,16H2,1-3H3,(H,17,18)(H,19,20);2*1H/t12-;;/m1../s1. The van der Waals surface area contributed by atoms with Gasteiger partial charge in [0.15, 0.2) is 0 Å². The lowest BCUT2D eigenvalue weighted by atomic mass is 9.87. The summed E-state index contributed by atoms with van der Waals surface area (Å²) < 4.78 is 0. The van der Waals surface area contributed by atoms with Gasteiger partial charge in [-0.25, -0.2) is 4.98 Å². The molecule has 7 heteroatoms. The molecule has 1 aromatic carbocycles. The van der Waals surface area contributed by atoms with E-state index in [-0.39, 0.29) is 36.1 Å².